The summed E-state index contributed by atoms with van der Waals surface area (Å²) in [5.74, 6) is 1.35. The zero-order valence-corrected chi connectivity index (χ0v) is 13.7. The largest absolute Gasteiger partial charge is 0.483 e. The van der Waals surface area contributed by atoms with Crippen molar-refractivity contribution < 1.29 is 19.1 Å². The smallest absolute Gasteiger partial charge is 0.257 e. The Morgan fingerprint density at radius 1 is 1.43 bits per heavy atom. The number of hydrogen-bond acceptors (Lipinski definition) is 4. The highest BCUT2D eigenvalue weighted by atomic mass is 16.5. The first kappa shape index (κ1) is 15.8. The Labute approximate surface area is 136 Å². The first-order valence-electron chi connectivity index (χ1n) is 8.18. The second kappa shape index (κ2) is 6.22. The molecular weight excluding hydrogens is 294 g/mol. The number of rotatable bonds is 5. The average molecular weight is 317 g/mol. The lowest BCUT2D eigenvalue weighted by atomic mass is 10.0. The number of fused-ring (bicyclic) bond motifs is 1. The van der Waals surface area contributed by atoms with E-state index in [2.05, 4.69) is 5.32 Å². The number of hydrogen-bond donors (Lipinski definition) is 1. The molecule has 1 aromatic rings. The van der Waals surface area contributed by atoms with Crippen molar-refractivity contribution >= 4 is 11.7 Å². The molecule has 124 valence electrons. The van der Waals surface area contributed by atoms with Crippen LogP contribution in [-0.2, 0) is 16.0 Å². The molecule has 23 heavy (non-hydrogen) atoms. The first-order chi connectivity index (χ1) is 10.9. The van der Waals surface area contributed by atoms with Crippen LogP contribution in [0.4, 0.5) is 0 Å². The number of carbonyl (C=O) groups is 2. The summed E-state index contributed by atoms with van der Waals surface area (Å²) in [6, 6.07) is 5.74. The summed E-state index contributed by atoms with van der Waals surface area (Å²) in [5, 5.41) is 2.78. The Morgan fingerprint density at radius 2 is 2.26 bits per heavy atom. The minimum absolute atomic E-state index is 0.0240. The Balaban J connectivity index is 1.52. The monoisotopic (exact) mass is 317 g/mol. The van der Waals surface area contributed by atoms with E-state index in [1.807, 2.05) is 32.0 Å². The molecule has 1 aromatic carbocycles. The molecule has 5 nitrogen and oxygen atoms in total. The van der Waals surface area contributed by atoms with E-state index < -0.39 is 0 Å². The highest BCUT2D eigenvalue weighted by Gasteiger charge is 2.32. The second-order valence-corrected chi connectivity index (χ2v) is 6.93. The molecule has 0 aromatic heterocycles. The van der Waals surface area contributed by atoms with Crippen LogP contribution in [0, 0.1) is 5.92 Å². The number of ether oxygens (including phenoxy) is 2. The predicted molar refractivity (Wildman–Crippen MR) is 85.7 cm³/mol. The fourth-order valence-electron chi connectivity index (χ4n) is 3.24. The van der Waals surface area contributed by atoms with Gasteiger partial charge in [0.1, 0.15) is 11.4 Å². The fraction of sp³-hybridized carbons (Fsp3) is 0.556. The van der Waals surface area contributed by atoms with Gasteiger partial charge < -0.3 is 14.8 Å². The average Bonchev–Trinajstić information content (AvgIpc) is 3.04. The van der Waals surface area contributed by atoms with Gasteiger partial charge in [0, 0.05) is 30.9 Å². The summed E-state index contributed by atoms with van der Waals surface area (Å²) in [6.45, 7) is 4.41. The number of para-hydroxylation sites is 1. The van der Waals surface area contributed by atoms with Gasteiger partial charge in [-0.15, -0.1) is 0 Å². The number of benzene rings is 1. The van der Waals surface area contributed by atoms with Gasteiger partial charge in [0.2, 0.25) is 0 Å². The van der Waals surface area contributed by atoms with E-state index in [1.165, 1.54) is 0 Å². The number of amides is 1. The van der Waals surface area contributed by atoms with Gasteiger partial charge in [-0.2, -0.15) is 0 Å². The van der Waals surface area contributed by atoms with Gasteiger partial charge in [0.25, 0.3) is 5.91 Å². The molecule has 1 N–H and O–H groups in total. The Hall–Kier alpha value is -2.04. The Morgan fingerprint density at radius 3 is 3.00 bits per heavy atom. The van der Waals surface area contributed by atoms with Gasteiger partial charge in [-0.05, 0) is 32.8 Å². The van der Waals surface area contributed by atoms with Gasteiger partial charge in [0.15, 0.2) is 18.1 Å². The standard InChI is InChI=1S/C18H23NO4/c1-18(2)9-12-5-4-8-15(17(12)23-18)22-11-16(21)19-10-13-6-3-7-14(13)20/h4-5,8,13H,3,6-7,9-11H2,1-2H3,(H,19,21). The molecule has 0 spiro atoms. The zero-order valence-electron chi connectivity index (χ0n) is 13.7. The van der Waals surface area contributed by atoms with E-state index in [9.17, 15) is 9.59 Å². The van der Waals surface area contributed by atoms with Crippen LogP contribution in [0.2, 0.25) is 0 Å². The number of carbonyl (C=O) groups excluding carboxylic acids is 2. The van der Waals surface area contributed by atoms with Crippen molar-refractivity contribution in [1.82, 2.24) is 5.32 Å². The van der Waals surface area contributed by atoms with Crippen molar-refractivity contribution in [2.24, 2.45) is 5.92 Å². The van der Waals surface area contributed by atoms with E-state index in [-0.39, 0.29) is 29.8 Å². The first-order valence-corrected chi connectivity index (χ1v) is 8.18. The molecule has 1 amide bonds. The van der Waals surface area contributed by atoms with Gasteiger partial charge in [-0.1, -0.05) is 12.1 Å². The van der Waals surface area contributed by atoms with E-state index in [0.29, 0.717) is 18.7 Å². The third-order valence-electron chi connectivity index (χ3n) is 4.39. The Kier molecular flexibility index (Phi) is 4.28. The van der Waals surface area contributed by atoms with E-state index in [1.54, 1.807) is 0 Å². The number of Topliss-reactive ketones (excluding diaryl/α,β-unsaturated/α-hetero) is 1. The van der Waals surface area contributed by atoms with Crippen molar-refractivity contribution in [3.63, 3.8) is 0 Å². The molecule has 1 aliphatic carbocycles. The normalized spacial score (nSPS) is 21.7. The van der Waals surface area contributed by atoms with Crippen LogP contribution in [0.15, 0.2) is 18.2 Å². The van der Waals surface area contributed by atoms with E-state index in [0.717, 1.165) is 30.6 Å². The lowest BCUT2D eigenvalue weighted by Crippen LogP contribution is -2.34. The lowest BCUT2D eigenvalue weighted by molar-refractivity contribution is -0.124. The minimum atomic E-state index is -0.243. The topological polar surface area (TPSA) is 64.6 Å². The molecule has 5 heteroatoms. The highest BCUT2D eigenvalue weighted by molar-refractivity contribution is 5.84. The SMILES string of the molecule is CC1(C)Cc2cccc(OCC(=O)NCC3CCCC3=O)c2O1. The second-order valence-electron chi connectivity index (χ2n) is 6.93. The van der Waals surface area contributed by atoms with Gasteiger partial charge >= 0.3 is 0 Å². The molecule has 0 saturated heterocycles. The summed E-state index contributed by atoms with van der Waals surface area (Å²) in [6.07, 6.45) is 3.27. The molecule has 0 radical (unpaired) electrons. The predicted octanol–water partition coefficient (Wildman–Crippen LogP) is 2.26. The van der Waals surface area contributed by atoms with Crippen molar-refractivity contribution in [1.29, 1.82) is 0 Å². The summed E-state index contributed by atoms with van der Waals surface area (Å²) in [7, 11) is 0. The molecule has 3 rings (SSSR count). The third-order valence-corrected chi connectivity index (χ3v) is 4.39. The summed E-state index contributed by atoms with van der Waals surface area (Å²) < 4.78 is 11.5. The molecule has 1 aliphatic heterocycles. The fourth-order valence-corrected chi connectivity index (χ4v) is 3.24. The van der Waals surface area contributed by atoms with Crippen LogP contribution in [0.5, 0.6) is 11.5 Å². The van der Waals surface area contributed by atoms with Crippen molar-refractivity contribution in [2.45, 2.75) is 45.1 Å². The summed E-state index contributed by atoms with van der Waals surface area (Å²) >= 11 is 0. The zero-order chi connectivity index (χ0) is 16.4. The number of ketones is 1. The molecule has 2 aliphatic rings. The summed E-state index contributed by atoms with van der Waals surface area (Å²) in [4.78, 5) is 23.5. The lowest BCUT2D eigenvalue weighted by Gasteiger charge is -2.18. The van der Waals surface area contributed by atoms with E-state index >= 15 is 0 Å². The number of nitrogens with one attached hydrogen (secondary N) is 1. The van der Waals surface area contributed by atoms with E-state index in [4.69, 9.17) is 9.47 Å². The highest BCUT2D eigenvalue weighted by Crippen LogP contribution is 2.41. The Bertz CT molecular complexity index is 623. The van der Waals surface area contributed by atoms with Crippen molar-refractivity contribution in [3.05, 3.63) is 23.8 Å². The van der Waals surface area contributed by atoms with Crippen molar-refractivity contribution in [2.75, 3.05) is 13.2 Å². The minimum Gasteiger partial charge on any atom is -0.483 e. The molecule has 1 heterocycles. The maximum atomic E-state index is 11.9. The molecule has 1 atom stereocenters. The summed E-state index contributed by atoms with van der Waals surface area (Å²) in [5.41, 5.74) is 0.858. The van der Waals surface area contributed by atoms with Crippen LogP contribution >= 0.6 is 0 Å². The third kappa shape index (κ3) is 3.66. The molecule has 0 bridgehead atoms. The van der Waals surface area contributed by atoms with Gasteiger partial charge in [-0.3, -0.25) is 9.59 Å². The molecule has 1 unspecified atom stereocenters. The van der Waals surface area contributed by atoms with Crippen LogP contribution in [0.3, 0.4) is 0 Å². The van der Waals surface area contributed by atoms with Gasteiger partial charge in [-0.25, -0.2) is 0 Å². The van der Waals surface area contributed by atoms with Crippen molar-refractivity contribution in [3.8, 4) is 11.5 Å². The molecule has 1 saturated carbocycles. The quantitative estimate of drug-likeness (QED) is 0.905. The molecule has 1 fully saturated rings. The van der Waals surface area contributed by atoms with Crippen LogP contribution < -0.4 is 14.8 Å². The molecular formula is C18H23NO4. The van der Waals surface area contributed by atoms with Gasteiger partial charge in [0.05, 0.1) is 0 Å². The van der Waals surface area contributed by atoms with Crippen LogP contribution in [0.1, 0.15) is 38.7 Å². The van der Waals surface area contributed by atoms with Crippen LogP contribution in [-0.4, -0.2) is 30.4 Å². The maximum absolute atomic E-state index is 11.9. The maximum Gasteiger partial charge on any atom is 0.257 e. The van der Waals surface area contributed by atoms with Crippen LogP contribution in [0.25, 0.3) is 0 Å².